The Kier molecular flexibility index (Phi) is 11.8. The summed E-state index contributed by atoms with van der Waals surface area (Å²) < 4.78 is 41.6. The number of aryl methyl sites for hydroxylation is 1. The van der Waals surface area contributed by atoms with Crippen molar-refractivity contribution < 1.29 is 33.3 Å². The van der Waals surface area contributed by atoms with Gasteiger partial charge in [-0.15, -0.1) is 0 Å². The standard InChI is InChI=1S/C33H29F2N5O4.CH4O/c1-20-2-11-26(16-25(20)18-42)44-33-39-28-17-27(34)29(30(35)31(28)40-33)23-7-3-21(4-8-23)22-5-9-24(10-6-22)32(36)38-19-37-12-14-43-15-13-41;1-2/h2-11,16-19,41H,12-15H2,1H3,(H,39,40)(H2,36,37,38);2H,1H3. The molecule has 5 aromatic rings. The number of nitrogens with one attached hydrogen (secondary N) is 1. The second-order valence-corrected chi connectivity index (χ2v) is 9.75. The monoisotopic (exact) mass is 629 g/mol. The first-order chi connectivity index (χ1) is 22.4. The summed E-state index contributed by atoms with van der Waals surface area (Å²) in [6.45, 7) is 2.81. The lowest BCUT2D eigenvalue weighted by atomic mass is 9.98. The lowest BCUT2D eigenvalue weighted by Gasteiger charge is -2.08. The minimum absolute atomic E-state index is 0.0308. The van der Waals surface area contributed by atoms with Crippen molar-refractivity contribution in [3.8, 4) is 34.0 Å². The molecule has 1 aromatic heterocycles. The van der Waals surface area contributed by atoms with Crippen molar-refractivity contribution in [1.29, 1.82) is 0 Å². The van der Waals surface area contributed by atoms with Gasteiger partial charge < -0.3 is 30.4 Å². The van der Waals surface area contributed by atoms with Gasteiger partial charge >= 0.3 is 0 Å². The highest BCUT2D eigenvalue weighted by Gasteiger charge is 2.20. The molecule has 0 amide bonds. The van der Waals surface area contributed by atoms with Gasteiger partial charge in [0.1, 0.15) is 35.5 Å². The number of carbonyl (C=O) groups excluding carboxylic acids is 1. The van der Waals surface area contributed by atoms with Gasteiger partial charge in [0.25, 0.3) is 6.01 Å². The lowest BCUT2D eigenvalue weighted by molar-refractivity contribution is 0.0978. The Balaban J connectivity index is 0.00000235. The number of imidazole rings is 1. The van der Waals surface area contributed by atoms with Gasteiger partial charge in [-0.05, 0) is 41.3 Å². The molecule has 0 unspecified atom stereocenters. The zero-order valence-corrected chi connectivity index (χ0v) is 25.2. The third kappa shape index (κ3) is 8.04. The molecule has 0 atom stereocenters. The van der Waals surface area contributed by atoms with Crippen LogP contribution < -0.4 is 10.5 Å². The largest absolute Gasteiger partial charge is 0.426 e. The van der Waals surface area contributed by atoms with E-state index < -0.39 is 11.6 Å². The first kappa shape index (κ1) is 33.6. The summed E-state index contributed by atoms with van der Waals surface area (Å²) in [7, 11) is 1.00. The zero-order chi connectivity index (χ0) is 33.1. The van der Waals surface area contributed by atoms with E-state index in [1.165, 1.54) is 12.4 Å². The van der Waals surface area contributed by atoms with Crippen LogP contribution in [0.3, 0.4) is 0 Å². The molecule has 1 heterocycles. The van der Waals surface area contributed by atoms with Gasteiger partial charge in [-0.1, -0.05) is 54.6 Å². The van der Waals surface area contributed by atoms with E-state index in [0.29, 0.717) is 47.7 Å². The van der Waals surface area contributed by atoms with E-state index in [1.54, 1.807) is 49.4 Å². The summed E-state index contributed by atoms with van der Waals surface area (Å²) in [4.78, 5) is 26.4. The minimum Gasteiger partial charge on any atom is -0.426 e. The lowest BCUT2D eigenvalue weighted by Crippen LogP contribution is -2.13. The van der Waals surface area contributed by atoms with E-state index in [9.17, 15) is 4.79 Å². The molecule has 0 spiro atoms. The third-order valence-electron chi connectivity index (χ3n) is 6.81. The summed E-state index contributed by atoms with van der Waals surface area (Å²) in [6, 6.07) is 20.3. The van der Waals surface area contributed by atoms with E-state index in [0.717, 1.165) is 23.8 Å². The van der Waals surface area contributed by atoms with Crippen LogP contribution in [0.1, 0.15) is 21.5 Å². The second-order valence-electron chi connectivity index (χ2n) is 9.75. The molecule has 4 aromatic carbocycles. The molecule has 238 valence electrons. The summed E-state index contributed by atoms with van der Waals surface area (Å²) in [5.41, 5.74) is 9.92. The maximum Gasteiger partial charge on any atom is 0.300 e. The number of rotatable bonds is 12. The summed E-state index contributed by atoms with van der Waals surface area (Å²) in [6.07, 6.45) is 2.08. The van der Waals surface area contributed by atoms with Crippen LogP contribution in [-0.4, -0.2) is 72.1 Å². The second kappa shape index (κ2) is 16.1. The van der Waals surface area contributed by atoms with E-state index in [-0.39, 0.29) is 35.8 Å². The van der Waals surface area contributed by atoms with Crippen molar-refractivity contribution in [1.82, 2.24) is 9.97 Å². The number of aldehydes is 1. The Morgan fingerprint density at radius 2 is 1.65 bits per heavy atom. The molecule has 0 fully saturated rings. The topological polar surface area (TPSA) is 155 Å². The minimum atomic E-state index is -0.823. The van der Waals surface area contributed by atoms with Crippen molar-refractivity contribution in [3.63, 3.8) is 0 Å². The number of benzene rings is 4. The molecule has 10 nitrogen and oxygen atoms in total. The maximum absolute atomic E-state index is 15.6. The van der Waals surface area contributed by atoms with Crippen molar-refractivity contribution in [2.75, 3.05) is 33.5 Å². The first-order valence-electron chi connectivity index (χ1n) is 14.2. The zero-order valence-electron chi connectivity index (χ0n) is 25.2. The van der Waals surface area contributed by atoms with E-state index in [4.69, 9.17) is 25.4 Å². The van der Waals surface area contributed by atoms with E-state index in [2.05, 4.69) is 20.0 Å². The fraction of sp³-hybridized carbons (Fsp3) is 0.176. The number of nitrogens with zero attached hydrogens (tertiary/aromatic N) is 3. The van der Waals surface area contributed by atoms with Gasteiger partial charge in [-0.2, -0.15) is 4.98 Å². The summed E-state index contributed by atoms with van der Waals surface area (Å²) >= 11 is 0. The van der Waals surface area contributed by atoms with Gasteiger partial charge in [0.15, 0.2) is 5.82 Å². The number of aliphatic imine (C=N–C) groups is 2. The third-order valence-corrected chi connectivity index (χ3v) is 6.81. The molecule has 0 saturated carbocycles. The summed E-state index contributed by atoms with van der Waals surface area (Å²) in [5, 5.41) is 15.7. The Labute approximate surface area is 263 Å². The smallest absolute Gasteiger partial charge is 0.300 e. The number of aliphatic hydroxyl groups excluding tert-OH is 2. The van der Waals surface area contributed by atoms with Crippen molar-refractivity contribution in [2.24, 2.45) is 15.7 Å². The van der Waals surface area contributed by atoms with Crippen LogP contribution >= 0.6 is 0 Å². The molecule has 46 heavy (non-hydrogen) atoms. The highest BCUT2D eigenvalue weighted by atomic mass is 19.1. The van der Waals surface area contributed by atoms with Crippen LogP contribution in [0.5, 0.6) is 11.8 Å². The van der Waals surface area contributed by atoms with Crippen LogP contribution in [-0.2, 0) is 4.74 Å². The number of hydrogen-bond donors (Lipinski definition) is 4. The molecule has 0 bridgehead atoms. The summed E-state index contributed by atoms with van der Waals surface area (Å²) in [5.74, 6) is -0.944. The highest BCUT2D eigenvalue weighted by Crippen LogP contribution is 2.34. The number of amidine groups is 1. The average molecular weight is 630 g/mol. The Bertz CT molecular complexity index is 1840. The number of hydrogen-bond acceptors (Lipinski definition) is 7. The van der Waals surface area contributed by atoms with Crippen molar-refractivity contribution in [3.05, 3.63) is 101 Å². The van der Waals surface area contributed by atoms with Crippen molar-refractivity contribution >= 4 is 29.5 Å². The van der Waals surface area contributed by atoms with Gasteiger partial charge in [-0.3, -0.25) is 9.79 Å². The van der Waals surface area contributed by atoms with Crippen LogP contribution in [0.15, 0.2) is 82.8 Å². The van der Waals surface area contributed by atoms with Crippen LogP contribution in [0, 0.1) is 18.6 Å². The number of ether oxygens (including phenoxy) is 2. The predicted octanol–water partition coefficient (Wildman–Crippen LogP) is 5.44. The Morgan fingerprint density at radius 1 is 0.978 bits per heavy atom. The molecular weight excluding hydrogens is 596 g/mol. The molecule has 0 radical (unpaired) electrons. The number of halogens is 2. The SMILES string of the molecule is CO.Cc1ccc(Oc2nc3c(F)c(-c4ccc(-c5ccc(C(N)=NC=NCCOCCO)cc5)cc4)c(F)cc3[nH]2)cc1C=O. The number of H-pyrrole nitrogens is 1. The Morgan fingerprint density at radius 3 is 2.33 bits per heavy atom. The van der Waals surface area contributed by atoms with Gasteiger partial charge in [0, 0.05) is 24.3 Å². The van der Waals surface area contributed by atoms with Gasteiger partial charge in [-0.25, -0.2) is 13.8 Å². The first-order valence-corrected chi connectivity index (χ1v) is 14.2. The molecule has 0 aliphatic carbocycles. The van der Waals surface area contributed by atoms with Gasteiger partial charge in [0.05, 0.1) is 37.4 Å². The number of nitrogens with two attached hydrogens (primary N) is 1. The van der Waals surface area contributed by atoms with Crippen LogP contribution in [0.25, 0.3) is 33.3 Å². The van der Waals surface area contributed by atoms with E-state index >= 15 is 8.78 Å². The molecule has 5 N–H and O–H groups in total. The Hall–Kier alpha value is -5.30. The quantitative estimate of drug-likeness (QED) is 0.0620. The molecule has 0 aliphatic rings. The number of aromatic amines is 1. The number of aromatic nitrogens is 2. The maximum atomic E-state index is 15.6. The van der Waals surface area contributed by atoms with Crippen LogP contribution in [0.4, 0.5) is 8.78 Å². The molecule has 12 heteroatoms. The average Bonchev–Trinajstić information content (AvgIpc) is 3.48. The number of carbonyl (C=O) groups is 1. The normalized spacial score (nSPS) is 11.5. The molecule has 5 rings (SSSR count). The van der Waals surface area contributed by atoms with Crippen LogP contribution in [0.2, 0.25) is 0 Å². The highest BCUT2D eigenvalue weighted by molar-refractivity contribution is 6.01. The molecule has 0 aliphatic heterocycles. The molecular formula is C34H33F2N5O5. The predicted molar refractivity (Wildman–Crippen MR) is 174 cm³/mol. The number of fused-ring (bicyclic) bond motifs is 1. The number of aliphatic hydroxyl groups is 2. The fourth-order valence-corrected chi connectivity index (χ4v) is 4.47. The van der Waals surface area contributed by atoms with Gasteiger partial charge in [0.2, 0.25) is 0 Å². The van der Waals surface area contributed by atoms with E-state index in [1.807, 2.05) is 24.3 Å². The van der Waals surface area contributed by atoms with Crippen molar-refractivity contribution in [2.45, 2.75) is 6.92 Å². The fourth-order valence-electron chi connectivity index (χ4n) is 4.47. The molecule has 0 saturated heterocycles.